The van der Waals surface area contributed by atoms with Crippen molar-refractivity contribution in [2.24, 2.45) is 0 Å². The van der Waals surface area contributed by atoms with Crippen molar-refractivity contribution in [3.8, 4) is 0 Å². The van der Waals surface area contributed by atoms with Gasteiger partial charge >= 0.3 is 0 Å². The molecule has 0 bridgehead atoms. The zero-order valence-corrected chi connectivity index (χ0v) is 6.20. The number of carboxylic acids is 1. The predicted octanol–water partition coefficient (Wildman–Crippen LogP) is -0.739. The van der Waals surface area contributed by atoms with E-state index < -0.39 is 5.97 Å². The molecule has 0 spiro atoms. The average molecular weight is 240 g/mol. The normalized spacial score (nSPS) is 3.57. The molecule has 0 aromatic rings. The molecule has 0 saturated carbocycles. The van der Waals surface area contributed by atoms with Crippen molar-refractivity contribution in [3.63, 3.8) is 0 Å². The molecule has 0 atom stereocenters. The van der Waals surface area contributed by atoms with Crippen molar-refractivity contribution < 1.29 is 51.6 Å². The van der Waals surface area contributed by atoms with Gasteiger partial charge in [0.05, 0.1) is 0 Å². The van der Waals surface area contributed by atoms with E-state index in [4.69, 9.17) is 9.90 Å². The van der Waals surface area contributed by atoms with Crippen LogP contribution >= 0.6 is 0 Å². The Morgan fingerprint density at radius 2 is 1.57 bits per heavy atom. The Kier molecular flexibility index (Phi) is 58.7. The zero-order chi connectivity index (χ0) is 3.58. The first-order chi connectivity index (χ1) is 1.73. The maximum absolute atomic E-state index is 9.00. The van der Waals surface area contributed by atoms with E-state index in [1.165, 1.54) is 0 Å². The molecule has 0 aromatic carbocycles. The second kappa shape index (κ2) is 16.0. The van der Waals surface area contributed by atoms with E-state index in [1.807, 2.05) is 0 Å². The Morgan fingerprint density at radius 3 is 1.57 bits per heavy atom. The van der Waals surface area contributed by atoms with Crippen molar-refractivity contribution >= 4 is 5.97 Å². The summed E-state index contributed by atoms with van der Waals surface area (Å²) in [5.41, 5.74) is 0. The minimum Gasteiger partial charge on any atom is -0.481 e. The summed E-state index contributed by atoms with van der Waals surface area (Å²) in [4.78, 5) is 9.00. The van der Waals surface area contributed by atoms with Gasteiger partial charge in [-0.15, -0.1) is 0 Å². The Bertz CT molecular complexity index is 35.9. The van der Waals surface area contributed by atoms with Gasteiger partial charge in [-0.05, 0) is 0 Å². The number of hydrogen-bond donors (Lipinski definition) is 1. The fraction of sp³-hybridized carbons (Fsp3) is 0.500. The fourth-order valence-electron chi connectivity index (χ4n) is 0. The number of carboxylic acid groups (broad SMARTS) is 1. The van der Waals surface area contributed by atoms with Gasteiger partial charge in [0.25, 0.3) is 5.97 Å². The summed E-state index contributed by atoms with van der Waals surface area (Å²) in [7, 11) is 0. The molecule has 0 aromatic heterocycles. The Balaban J connectivity index is -0.0000000150. The molecule has 0 aliphatic heterocycles. The molecule has 2 radical (unpaired) electrons. The number of carbonyl (C=O) groups is 1. The second-order valence-corrected chi connectivity index (χ2v) is 0.519. The summed E-state index contributed by atoms with van der Waals surface area (Å²) < 4.78 is 0. The molecule has 0 aliphatic carbocycles. The van der Waals surface area contributed by atoms with Gasteiger partial charge in [-0.3, -0.25) is 4.79 Å². The first-order valence-corrected chi connectivity index (χ1v) is 0.928. The number of hydrogen-bond acceptors (Lipinski definition) is 1. The third-order valence-corrected chi connectivity index (χ3v) is 0. The molecule has 3 N–H and O–H groups in total. The maximum Gasteiger partial charge on any atom is 0.300 e. The quantitative estimate of drug-likeness (QED) is 0.566. The van der Waals surface area contributed by atoms with Crippen LogP contribution in [-0.4, -0.2) is 16.6 Å². The van der Waals surface area contributed by atoms with Gasteiger partial charge in [-0.25, -0.2) is 0 Å². The molecule has 0 rings (SSSR count). The van der Waals surface area contributed by atoms with Crippen molar-refractivity contribution in [1.29, 1.82) is 0 Å². The average Bonchev–Trinajstić information content (AvgIpc) is 0.811. The van der Waals surface area contributed by atoms with Crippen LogP contribution in [-0.2, 0) is 41.1 Å². The van der Waals surface area contributed by atoms with Gasteiger partial charge in [0.2, 0.25) is 0 Å². The molecule has 5 heteroatoms. The van der Waals surface area contributed by atoms with E-state index in [-0.39, 0.29) is 41.7 Å². The van der Waals surface area contributed by atoms with E-state index in [1.54, 1.807) is 0 Å². The van der Waals surface area contributed by atoms with E-state index >= 15 is 0 Å². The van der Waals surface area contributed by atoms with Crippen LogP contribution in [0.4, 0.5) is 0 Å². The SMILES string of the molecule is CC(=O)O.O.[Co].[Rh]. The monoisotopic (exact) mass is 240 g/mol. The standard InChI is InChI=1S/C2H4O2.Co.H2O.Rh/c1-2(3)4;;;/h1H3,(H,3,4);;1H2;. The number of rotatable bonds is 0. The van der Waals surface area contributed by atoms with Crippen LogP contribution < -0.4 is 0 Å². The molecule has 50 valence electrons. The van der Waals surface area contributed by atoms with Crippen molar-refractivity contribution in [2.45, 2.75) is 6.92 Å². The molecule has 0 unspecified atom stereocenters. The minimum atomic E-state index is -0.833. The molecule has 0 amide bonds. The molecule has 3 nitrogen and oxygen atoms in total. The van der Waals surface area contributed by atoms with E-state index in [2.05, 4.69) is 0 Å². The summed E-state index contributed by atoms with van der Waals surface area (Å²) in [5.74, 6) is -0.833. The van der Waals surface area contributed by atoms with Crippen LogP contribution in [0.3, 0.4) is 0 Å². The van der Waals surface area contributed by atoms with Crippen LogP contribution in [0.5, 0.6) is 0 Å². The number of aliphatic carboxylic acids is 1. The van der Waals surface area contributed by atoms with Gasteiger partial charge < -0.3 is 10.6 Å². The summed E-state index contributed by atoms with van der Waals surface area (Å²) in [5, 5.41) is 7.42. The Labute approximate surface area is 64.7 Å². The molecule has 0 aliphatic rings. The topological polar surface area (TPSA) is 68.8 Å². The molecule has 7 heavy (non-hydrogen) atoms. The van der Waals surface area contributed by atoms with Crippen LogP contribution in [0.15, 0.2) is 0 Å². The van der Waals surface area contributed by atoms with Crippen LogP contribution in [0.25, 0.3) is 0 Å². The van der Waals surface area contributed by atoms with Crippen molar-refractivity contribution in [1.82, 2.24) is 0 Å². The zero-order valence-electron chi connectivity index (χ0n) is 3.52. The Hall–Kier alpha value is 0.560. The van der Waals surface area contributed by atoms with E-state index in [0.29, 0.717) is 0 Å². The molecule has 0 heterocycles. The van der Waals surface area contributed by atoms with Gasteiger partial charge in [-0.1, -0.05) is 0 Å². The maximum atomic E-state index is 9.00. The third-order valence-electron chi connectivity index (χ3n) is 0. The van der Waals surface area contributed by atoms with E-state index in [9.17, 15) is 0 Å². The van der Waals surface area contributed by atoms with Gasteiger partial charge in [0.15, 0.2) is 0 Å². The second-order valence-electron chi connectivity index (χ2n) is 0.519. The Morgan fingerprint density at radius 1 is 1.57 bits per heavy atom. The summed E-state index contributed by atoms with van der Waals surface area (Å²) in [6, 6.07) is 0. The fourth-order valence-corrected chi connectivity index (χ4v) is 0. The third kappa shape index (κ3) is 435. The van der Waals surface area contributed by atoms with Crippen molar-refractivity contribution in [2.75, 3.05) is 0 Å². The molecular weight excluding hydrogens is 234 g/mol. The van der Waals surface area contributed by atoms with Crippen LogP contribution in [0, 0.1) is 0 Å². The van der Waals surface area contributed by atoms with Gasteiger partial charge in [0, 0.05) is 43.2 Å². The smallest absolute Gasteiger partial charge is 0.300 e. The largest absolute Gasteiger partial charge is 0.481 e. The summed E-state index contributed by atoms with van der Waals surface area (Å²) in [6.45, 7) is 1.08. The van der Waals surface area contributed by atoms with Gasteiger partial charge in [-0.2, -0.15) is 0 Å². The first-order valence-electron chi connectivity index (χ1n) is 0.928. The predicted molar refractivity (Wildman–Crippen MR) is 16.9 cm³/mol. The molecular formula is C2H6CoO3Rh. The summed E-state index contributed by atoms with van der Waals surface area (Å²) in [6.07, 6.45) is 0. The molecule has 0 saturated heterocycles. The van der Waals surface area contributed by atoms with E-state index in [0.717, 1.165) is 6.92 Å². The van der Waals surface area contributed by atoms with Crippen molar-refractivity contribution in [3.05, 3.63) is 0 Å². The van der Waals surface area contributed by atoms with Crippen LogP contribution in [0.2, 0.25) is 0 Å². The molecule has 0 fully saturated rings. The summed E-state index contributed by atoms with van der Waals surface area (Å²) >= 11 is 0. The van der Waals surface area contributed by atoms with Gasteiger partial charge in [0.1, 0.15) is 0 Å². The minimum absolute atomic E-state index is 0. The van der Waals surface area contributed by atoms with Crippen LogP contribution in [0.1, 0.15) is 6.92 Å². The first kappa shape index (κ1) is 25.7.